The van der Waals surface area contributed by atoms with Gasteiger partial charge in [0.15, 0.2) is 0 Å². The minimum Gasteiger partial charge on any atom is -0.448 e. The SMILES string of the molecule is O=C(OCC1c2ccccc2-c2ccccc21)N1CCNCCNCC1. The van der Waals surface area contributed by atoms with E-state index < -0.39 is 0 Å². The Labute approximate surface area is 154 Å². The zero-order chi connectivity index (χ0) is 17.8. The van der Waals surface area contributed by atoms with Crippen LogP contribution < -0.4 is 10.6 Å². The number of rotatable bonds is 2. The van der Waals surface area contributed by atoms with E-state index in [2.05, 4.69) is 59.2 Å². The van der Waals surface area contributed by atoms with Crippen molar-refractivity contribution in [2.24, 2.45) is 0 Å². The van der Waals surface area contributed by atoms with Crippen LogP contribution in [0.4, 0.5) is 4.79 Å². The molecule has 136 valence electrons. The van der Waals surface area contributed by atoms with Crippen molar-refractivity contribution in [3.8, 4) is 11.1 Å². The fraction of sp³-hybridized carbons (Fsp3) is 0.381. The van der Waals surface area contributed by atoms with Crippen LogP contribution in [0.5, 0.6) is 0 Å². The summed E-state index contributed by atoms with van der Waals surface area (Å²) in [7, 11) is 0. The molecule has 2 aliphatic rings. The van der Waals surface area contributed by atoms with E-state index in [0.29, 0.717) is 19.7 Å². The van der Waals surface area contributed by atoms with Crippen molar-refractivity contribution in [1.82, 2.24) is 15.5 Å². The maximum atomic E-state index is 12.6. The van der Waals surface area contributed by atoms with E-state index >= 15 is 0 Å². The molecule has 1 aliphatic carbocycles. The summed E-state index contributed by atoms with van der Waals surface area (Å²) in [5.74, 6) is 0.111. The number of nitrogens with one attached hydrogen (secondary N) is 2. The molecule has 1 amide bonds. The van der Waals surface area contributed by atoms with Crippen LogP contribution in [0.1, 0.15) is 17.0 Å². The second-order valence-corrected chi connectivity index (χ2v) is 6.79. The van der Waals surface area contributed by atoms with Gasteiger partial charge in [0, 0.05) is 45.2 Å². The first kappa shape index (κ1) is 17.1. The van der Waals surface area contributed by atoms with E-state index in [4.69, 9.17) is 4.74 Å². The van der Waals surface area contributed by atoms with E-state index in [1.807, 2.05) is 0 Å². The Morgan fingerprint density at radius 1 is 0.885 bits per heavy atom. The van der Waals surface area contributed by atoms with Crippen LogP contribution in [0, 0.1) is 0 Å². The molecule has 2 aromatic rings. The van der Waals surface area contributed by atoms with Gasteiger partial charge in [-0.15, -0.1) is 0 Å². The highest BCUT2D eigenvalue weighted by molar-refractivity contribution is 5.79. The molecule has 0 radical (unpaired) electrons. The standard InChI is InChI=1S/C21H25N3O2/c25-21(24-13-11-22-9-10-23-12-14-24)26-15-20-18-7-3-1-5-16(18)17-6-2-4-8-19(17)20/h1-8,20,22-23H,9-15H2. The molecular weight excluding hydrogens is 326 g/mol. The maximum absolute atomic E-state index is 12.6. The van der Waals surface area contributed by atoms with Gasteiger partial charge in [-0.2, -0.15) is 0 Å². The molecule has 4 rings (SSSR count). The lowest BCUT2D eigenvalue weighted by atomic mass is 9.98. The van der Waals surface area contributed by atoms with Crippen molar-refractivity contribution in [2.45, 2.75) is 5.92 Å². The predicted octanol–water partition coefficient (Wildman–Crippen LogP) is 2.43. The first-order valence-electron chi connectivity index (χ1n) is 9.36. The third kappa shape index (κ3) is 3.45. The highest BCUT2D eigenvalue weighted by Gasteiger charge is 2.29. The summed E-state index contributed by atoms with van der Waals surface area (Å²) in [6.45, 7) is 5.19. The van der Waals surface area contributed by atoms with Gasteiger partial charge in [0.1, 0.15) is 6.61 Å². The fourth-order valence-electron chi connectivity index (χ4n) is 3.83. The fourth-order valence-corrected chi connectivity index (χ4v) is 3.83. The Bertz CT molecular complexity index is 722. The third-order valence-electron chi connectivity index (χ3n) is 5.19. The number of benzene rings is 2. The summed E-state index contributed by atoms with van der Waals surface area (Å²) >= 11 is 0. The molecule has 1 saturated heterocycles. The van der Waals surface area contributed by atoms with E-state index in [9.17, 15) is 4.79 Å². The van der Waals surface area contributed by atoms with Crippen LogP contribution in [-0.4, -0.2) is 56.9 Å². The first-order chi connectivity index (χ1) is 12.8. The van der Waals surface area contributed by atoms with Gasteiger partial charge >= 0.3 is 6.09 Å². The summed E-state index contributed by atoms with van der Waals surface area (Å²) in [4.78, 5) is 14.4. The van der Waals surface area contributed by atoms with Gasteiger partial charge < -0.3 is 20.3 Å². The maximum Gasteiger partial charge on any atom is 0.409 e. The smallest absolute Gasteiger partial charge is 0.409 e. The molecule has 0 bridgehead atoms. The van der Waals surface area contributed by atoms with Gasteiger partial charge in [-0.05, 0) is 22.3 Å². The Morgan fingerprint density at radius 3 is 2.00 bits per heavy atom. The number of carbonyl (C=O) groups excluding carboxylic acids is 1. The van der Waals surface area contributed by atoms with Crippen LogP contribution in [0.3, 0.4) is 0 Å². The highest BCUT2D eigenvalue weighted by Crippen LogP contribution is 2.44. The Hall–Kier alpha value is -2.37. The number of ether oxygens (including phenoxy) is 1. The van der Waals surface area contributed by atoms with Gasteiger partial charge in [0.2, 0.25) is 0 Å². The van der Waals surface area contributed by atoms with Crippen LogP contribution in [-0.2, 0) is 4.74 Å². The number of hydrogen-bond donors (Lipinski definition) is 2. The van der Waals surface area contributed by atoms with Crippen LogP contribution in [0.15, 0.2) is 48.5 Å². The lowest BCUT2D eigenvalue weighted by Gasteiger charge is -2.23. The molecular formula is C21H25N3O2. The summed E-state index contributed by atoms with van der Waals surface area (Å²) in [5, 5.41) is 6.65. The van der Waals surface area contributed by atoms with Crippen molar-refractivity contribution in [3.63, 3.8) is 0 Å². The van der Waals surface area contributed by atoms with Crippen LogP contribution >= 0.6 is 0 Å². The average Bonchev–Trinajstić information content (AvgIpc) is 3.07. The van der Waals surface area contributed by atoms with Gasteiger partial charge in [0.05, 0.1) is 0 Å². The zero-order valence-corrected chi connectivity index (χ0v) is 14.9. The summed E-state index contributed by atoms with van der Waals surface area (Å²) in [6.07, 6.45) is -0.225. The van der Waals surface area contributed by atoms with Crippen molar-refractivity contribution < 1.29 is 9.53 Å². The summed E-state index contributed by atoms with van der Waals surface area (Å²) < 4.78 is 5.75. The molecule has 0 unspecified atom stereocenters. The van der Waals surface area contributed by atoms with Crippen molar-refractivity contribution in [2.75, 3.05) is 45.9 Å². The molecule has 26 heavy (non-hydrogen) atoms. The normalized spacial score (nSPS) is 17.6. The Kier molecular flexibility index (Phi) is 5.18. The number of hydrogen-bond acceptors (Lipinski definition) is 4. The van der Waals surface area contributed by atoms with Crippen molar-refractivity contribution in [3.05, 3.63) is 59.7 Å². The molecule has 1 fully saturated rings. The van der Waals surface area contributed by atoms with Gasteiger partial charge in [0.25, 0.3) is 0 Å². The van der Waals surface area contributed by atoms with Crippen molar-refractivity contribution in [1.29, 1.82) is 0 Å². The summed E-state index contributed by atoms with van der Waals surface area (Å²) in [5.41, 5.74) is 4.99. The second kappa shape index (κ2) is 7.89. The van der Waals surface area contributed by atoms with Crippen molar-refractivity contribution >= 4 is 6.09 Å². The Morgan fingerprint density at radius 2 is 1.42 bits per heavy atom. The Balaban J connectivity index is 1.46. The van der Waals surface area contributed by atoms with E-state index in [-0.39, 0.29) is 12.0 Å². The average molecular weight is 351 g/mol. The first-order valence-corrected chi connectivity index (χ1v) is 9.36. The highest BCUT2D eigenvalue weighted by atomic mass is 16.6. The molecule has 0 atom stereocenters. The van der Waals surface area contributed by atoms with Crippen LogP contribution in [0.25, 0.3) is 11.1 Å². The summed E-state index contributed by atoms with van der Waals surface area (Å²) in [6, 6.07) is 16.8. The van der Waals surface area contributed by atoms with E-state index in [1.54, 1.807) is 4.90 Å². The predicted molar refractivity (Wildman–Crippen MR) is 102 cm³/mol. The minimum atomic E-state index is -0.225. The van der Waals surface area contributed by atoms with Crippen LogP contribution in [0.2, 0.25) is 0 Å². The minimum absolute atomic E-state index is 0.111. The molecule has 5 nitrogen and oxygen atoms in total. The molecule has 1 aliphatic heterocycles. The molecule has 1 heterocycles. The largest absolute Gasteiger partial charge is 0.448 e. The quantitative estimate of drug-likeness (QED) is 0.873. The number of amides is 1. The monoisotopic (exact) mass is 351 g/mol. The van der Waals surface area contributed by atoms with E-state index in [0.717, 1.165) is 26.2 Å². The van der Waals surface area contributed by atoms with Gasteiger partial charge in [-0.1, -0.05) is 48.5 Å². The number of fused-ring (bicyclic) bond motifs is 3. The number of nitrogens with zero attached hydrogens (tertiary/aromatic N) is 1. The number of carbonyl (C=O) groups is 1. The third-order valence-corrected chi connectivity index (χ3v) is 5.19. The zero-order valence-electron chi connectivity index (χ0n) is 14.9. The molecule has 0 aromatic heterocycles. The van der Waals surface area contributed by atoms with Gasteiger partial charge in [-0.3, -0.25) is 0 Å². The molecule has 0 saturated carbocycles. The lowest BCUT2D eigenvalue weighted by Crippen LogP contribution is -2.39. The lowest BCUT2D eigenvalue weighted by molar-refractivity contribution is 0.101. The second-order valence-electron chi connectivity index (χ2n) is 6.79. The van der Waals surface area contributed by atoms with Gasteiger partial charge in [-0.25, -0.2) is 4.79 Å². The molecule has 2 N–H and O–H groups in total. The topological polar surface area (TPSA) is 53.6 Å². The molecule has 0 spiro atoms. The van der Waals surface area contributed by atoms with E-state index in [1.165, 1.54) is 22.3 Å². The molecule has 2 aromatic carbocycles. The molecule has 5 heteroatoms.